The van der Waals surface area contributed by atoms with Crippen molar-refractivity contribution in [2.45, 2.75) is 38.6 Å². The molecule has 0 aliphatic carbocycles. The molecule has 3 rings (SSSR count). The number of halogens is 2. The van der Waals surface area contributed by atoms with Crippen LogP contribution in [0.3, 0.4) is 0 Å². The lowest BCUT2D eigenvalue weighted by atomic mass is 9.79. The molecule has 174 valence electrons. The highest BCUT2D eigenvalue weighted by atomic mass is 19.1. The van der Waals surface area contributed by atoms with Gasteiger partial charge in [0.15, 0.2) is 5.82 Å². The highest BCUT2D eigenvalue weighted by molar-refractivity contribution is 5.82. The lowest BCUT2D eigenvalue weighted by Gasteiger charge is -2.30. The first kappa shape index (κ1) is 24.1. The largest absolute Gasteiger partial charge is 0.497 e. The van der Waals surface area contributed by atoms with Gasteiger partial charge >= 0.3 is 5.97 Å². The zero-order chi connectivity index (χ0) is 24.0. The average molecular weight is 456 g/mol. The van der Waals surface area contributed by atoms with E-state index >= 15 is 0 Å². The molecule has 3 aromatic rings. The van der Waals surface area contributed by atoms with E-state index in [0.29, 0.717) is 30.1 Å². The minimum absolute atomic E-state index is 0.135. The summed E-state index contributed by atoms with van der Waals surface area (Å²) in [6.45, 7) is 3.99. The number of nitrogens with zero attached hydrogens (tertiary/aromatic N) is 3. The van der Waals surface area contributed by atoms with Gasteiger partial charge in [-0.25, -0.2) is 13.8 Å². The maximum absolute atomic E-state index is 14.8. The quantitative estimate of drug-likeness (QED) is 0.406. The number of rotatable bonds is 9. The first-order valence-electron chi connectivity index (χ1n) is 10.6. The number of hydrogen-bond acceptors (Lipinski definition) is 6. The molecule has 0 spiro atoms. The van der Waals surface area contributed by atoms with E-state index in [4.69, 9.17) is 14.5 Å². The second-order valence-electron chi connectivity index (χ2n) is 7.57. The summed E-state index contributed by atoms with van der Waals surface area (Å²) in [5, 5.41) is 0. The van der Waals surface area contributed by atoms with Gasteiger partial charge in [-0.2, -0.15) is 0 Å². The molecule has 0 amide bonds. The third-order valence-electron chi connectivity index (χ3n) is 5.87. The number of aromatic nitrogens is 2. The van der Waals surface area contributed by atoms with Gasteiger partial charge in [-0.05, 0) is 42.7 Å². The van der Waals surface area contributed by atoms with Gasteiger partial charge in [0.25, 0.3) is 0 Å². The van der Waals surface area contributed by atoms with E-state index in [9.17, 15) is 13.6 Å². The van der Waals surface area contributed by atoms with Crippen LogP contribution in [-0.4, -0.2) is 30.2 Å². The number of carbonyl (C=O) groups is 1. The van der Waals surface area contributed by atoms with Gasteiger partial charge in [-0.1, -0.05) is 26.0 Å². The average Bonchev–Trinajstić information content (AvgIpc) is 2.84. The minimum atomic E-state index is -0.981. The second kappa shape index (κ2) is 10.4. The molecule has 0 fully saturated rings. The third-order valence-corrected chi connectivity index (χ3v) is 5.87. The summed E-state index contributed by atoms with van der Waals surface area (Å²) in [5.41, 5.74) is 0.427. The Labute approximate surface area is 192 Å². The summed E-state index contributed by atoms with van der Waals surface area (Å²) in [6.07, 6.45) is 3.93. The maximum Gasteiger partial charge on any atom is 0.317 e. The van der Waals surface area contributed by atoms with Crippen molar-refractivity contribution in [3.8, 4) is 5.75 Å². The highest BCUT2D eigenvalue weighted by Gasteiger charge is 2.40. The number of methoxy groups -OCH3 is 2. The molecular weight excluding hydrogens is 428 g/mol. The lowest BCUT2D eigenvalue weighted by Crippen LogP contribution is -2.37. The summed E-state index contributed by atoms with van der Waals surface area (Å²) in [7, 11) is 2.91. The van der Waals surface area contributed by atoms with Crippen molar-refractivity contribution in [2.75, 3.05) is 19.1 Å². The maximum atomic E-state index is 14.8. The fraction of sp³-hybridized carbons (Fsp3) is 0.320. The summed E-state index contributed by atoms with van der Waals surface area (Å²) in [4.78, 5) is 23.3. The van der Waals surface area contributed by atoms with E-state index in [0.717, 1.165) is 11.6 Å². The Hall–Kier alpha value is -3.55. The molecule has 0 aliphatic heterocycles. The number of benzene rings is 2. The highest BCUT2D eigenvalue weighted by Crippen LogP contribution is 2.35. The molecule has 1 aromatic heterocycles. The molecule has 1 heterocycles. The van der Waals surface area contributed by atoms with Gasteiger partial charge in [0.2, 0.25) is 0 Å². The predicted molar refractivity (Wildman–Crippen MR) is 122 cm³/mol. The zero-order valence-electron chi connectivity index (χ0n) is 19.1. The molecule has 0 atom stereocenters. The molecule has 2 aromatic carbocycles. The number of anilines is 2. The van der Waals surface area contributed by atoms with Crippen LogP contribution in [0, 0.1) is 11.6 Å². The van der Waals surface area contributed by atoms with Crippen LogP contribution in [0.25, 0.3) is 0 Å². The molecule has 6 nitrogen and oxygen atoms in total. The summed E-state index contributed by atoms with van der Waals surface area (Å²) in [5.74, 6) is -0.811. The van der Waals surface area contributed by atoms with E-state index in [1.807, 2.05) is 26.0 Å². The summed E-state index contributed by atoms with van der Waals surface area (Å²) < 4.78 is 38.7. The van der Waals surface area contributed by atoms with Gasteiger partial charge in [0.05, 0.1) is 31.8 Å². The number of carbonyl (C=O) groups excluding carboxylic acids is 1. The van der Waals surface area contributed by atoms with E-state index in [1.165, 1.54) is 31.6 Å². The zero-order valence-corrected chi connectivity index (χ0v) is 19.1. The second-order valence-corrected chi connectivity index (χ2v) is 7.57. The Morgan fingerprint density at radius 2 is 1.73 bits per heavy atom. The fourth-order valence-corrected chi connectivity index (χ4v) is 3.82. The Morgan fingerprint density at radius 1 is 1.03 bits per heavy atom. The van der Waals surface area contributed by atoms with Crippen molar-refractivity contribution in [3.05, 3.63) is 77.8 Å². The van der Waals surface area contributed by atoms with Crippen LogP contribution in [0.1, 0.15) is 37.9 Å². The number of esters is 1. The fourth-order valence-electron chi connectivity index (χ4n) is 3.82. The normalized spacial score (nSPS) is 11.2. The van der Waals surface area contributed by atoms with Crippen molar-refractivity contribution in [1.29, 1.82) is 0 Å². The molecule has 33 heavy (non-hydrogen) atoms. The molecule has 0 saturated carbocycles. The lowest BCUT2D eigenvalue weighted by molar-refractivity contribution is -0.148. The van der Waals surface area contributed by atoms with Gasteiger partial charge in [0.1, 0.15) is 22.8 Å². The predicted octanol–water partition coefficient (Wildman–Crippen LogP) is 5.33. The van der Waals surface area contributed by atoms with Crippen molar-refractivity contribution in [1.82, 2.24) is 9.97 Å². The Kier molecular flexibility index (Phi) is 7.58. The van der Waals surface area contributed by atoms with E-state index < -0.39 is 23.0 Å². The molecule has 0 N–H and O–H groups in total. The molecule has 8 heteroatoms. The van der Waals surface area contributed by atoms with Crippen molar-refractivity contribution < 1.29 is 23.0 Å². The van der Waals surface area contributed by atoms with Gasteiger partial charge < -0.3 is 14.4 Å². The molecule has 0 saturated heterocycles. The van der Waals surface area contributed by atoms with Crippen LogP contribution in [-0.2, 0) is 21.5 Å². The first-order chi connectivity index (χ1) is 15.9. The van der Waals surface area contributed by atoms with Crippen LogP contribution in [0.15, 0.2) is 54.9 Å². The molecule has 0 bridgehead atoms. The molecule has 0 aliphatic rings. The SMILES string of the molecule is CCC(CC)(C(=O)OC)c1cncc(N(Cc2ccc(OC)cc2)c2ccc(F)cc2F)n1. The van der Waals surface area contributed by atoms with Crippen molar-refractivity contribution in [3.63, 3.8) is 0 Å². The number of ether oxygens (including phenoxy) is 2. The van der Waals surface area contributed by atoms with Crippen molar-refractivity contribution >= 4 is 17.5 Å². The topological polar surface area (TPSA) is 64.5 Å². The van der Waals surface area contributed by atoms with Crippen LogP contribution in [0.2, 0.25) is 0 Å². The standard InChI is InChI=1S/C25H27F2N3O3/c1-5-25(6-2,24(31)33-4)22-14-28-15-23(29-22)30(21-12-9-18(26)13-20(21)27)16-17-7-10-19(32-3)11-8-17/h7-15H,5-6,16H2,1-4H3. The smallest absolute Gasteiger partial charge is 0.317 e. The van der Waals surface area contributed by atoms with Gasteiger partial charge in [0, 0.05) is 18.8 Å². The number of hydrogen-bond donors (Lipinski definition) is 0. The van der Waals surface area contributed by atoms with Crippen LogP contribution < -0.4 is 9.64 Å². The third kappa shape index (κ3) is 4.94. The Morgan fingerprint density at radius 3 is 2.30 bits per heavy atom. The van der Waals surface area contributed by atoms with Gasteiger partial charge in [-0.3, -0.25) is 9.78 Å². The first-order valence-corrected chi connectivity index (χ1v) is 10.6. The van der Waals surface area contributed by atoms with Crippen LogP contribution in [0.4, 0.5) is 20.3 Å². The van der Waals surface area contributed by atoms with E-state index in [-0.39, 0.29) is 12.2 Å². The van der Waals surface area contributed by atoms with Crippen molar-refractivity contribution in [2.24, 2.45) is 0 Å². The summed E-state index contributed by atoms with van der Waals surface area (Å²) >= 11 is 0. The minimum Gasteiger partial charge on any atom is -0.497 e. The van der Waals surface area contributed by atoms with Crippen LogP contribution in [0.5, 0.6) is 5.75 Å². The summed E-state index contributed by atoms with van der Waals surface area (Å²) in [6, 6.07) is 10.7. The van der Waals surface area contributed by atoms with Gasteiger partial charge in [-0.15, -0.1) is 0 Å². The molecular formula is C25H27F2N3O3. The monoisotopic (exact) mass is 455 g/mol. The molecule has 0 unspecified atom stereocenters. The Bertz CT molecular complexity index is 1100. The Balaban J connectivity index is 2.12. The molecule has 0 radical (unpaired) electrons. The van der Waals surface area contributed by atoms with E-state index in [2.05, 4.69) is 4.98 Å². The van der Waals surface area contributed by atoms with Crippen LogP contribution >= 0.6 is 0 Å². The van der Waals surface area contributed by atoms with E-state index in [1.54, 1.807) is 24.1 Å².